The van der Waals surface area contributed by atoms with Crippen molar-refractivity contribution in [2.75, 3.05) is 26.2 Å². The molecule has 0 N–H and O–H groups in total. The molecule has 3 rings (SSSR count). The lowest BCUT2D eigenvalue weighted by Gasteiger charge is -2.35. The maximum absolute atomic E-state index is 12.6. The van der Waals surface area contributed by atoms with E-state index in [1.807, 2.05) is 23.1 Å². The Balaban J connectivity index is 1.49. The molecule has 1 heterocycles. The molecule has 132 valence electrons. The Bertz CT molecular complexity index is 700. The van der Waals surface area contributed by atoms with Gasteiger partial charge in [0.15, 0.2) is 6.10 Å². The molecule has 1 fully saturated rings. The van der Waals surface area contributed by atoms with Gasteiger partial charge in [-0.25, -0.2) is 0 Å². The first-order valence-electron chi connectivity index (χ1n) is 8.59. The van der Waals surface area contributed by atoms with E-state index < -0.39 is 6.10 Å². The minimum atomic E-state index is -0.515. The van der Waals surface area contributed by atoms with Crippen LogP contribution in [0.3, 0.4) is 0 Å². The number of rotatable bonds is 5. The molecule has 0 bridgehead atoms. The van der Waals surface area contributed by atoms with Gasteiger partial charge in [-0.05, 0) is 30.7 Å². The van der Waals surface area contributed by atoms with Crippen LogP contribution in [0.1, 0.15) is 12.5 Å². The van der Waals surface area contributed by atoms with E-state index in [0.29, 0.717) is 10.8 Å². The van der Waals surface area contributed by atoms with E-state index >= 15 is 0 Å². The summed E-state index contributed by atoms with van der Waals surface area (Å²) in [6.45, 7) is 5.94. The third-order valence-electron chi connectivity index (χ3n) is 4.39. The van der Waals surface area contributed by atoms with E-state index in [9.17, 15) is 4.79 Å². The van der Waals surface area contributed by atoms with E-state index in [0.717, 1.165) is 32.7 Å². The minimum Gasteiger partial charge on any atom is -0.481 e. The maximum atomic E-state index is 12.6. The molecular formula is C20H23ClN2O2. The van der Waals surface area contributed by atoms with E-state index in [1.54, 1.807) is 19.1 Å². The van der Waals surface area contributed by atoms with Crippen molar-refractivity contribution >= 4 is 17.5 Å². The van der Waals surface area contributed by atoms with Crippen LogP contribution in [0.4, 0.5) is 0 Å². The Hall–Kier alpha value is -2.04. The Morgan fingerprint density at radius 1 is 1.08 bits per heavy atom. The van der Waals surface area contributed by atoms with Crippen LogP contribution in [0.15, 0.2) is 54.6 Å². The van der Waals surface area contributed by atoms with Crippen LogP contribution >= 0.6 is 11.6 Å². The van der Waals surface area contributed by atoms with Gasteiger partial charge in [-0.2, -0.15) is 0 Å². The van der Waals surface area contributed by atoms with Crippen LogP contribution in [-0.2, 0) is 11.3 Å². The summed E-state index contributed by atoms with van der Waals surface area (Å²) in [5, 5.41) is 0.603. The highest BCUT2D eigenvalue weighted by Crippen LogP contribution is 2.19. The first-order chi connectivity index (χ1) is 12.1. The zero-order chi connectivity index (χ0) is 17.6. The van der Waals surface area contributed by atoms with Crippen molar-refractivity contribution in [3.05, 3.63) is 65.2 Å². The van der Waals surface area contributed by atoms with Crippen molar-refractivity contribution in [3.8, 4) is 5.75 Å². The molecule has 0 spiro atoms. The Kier molecular flexibility index (Phi) is 5.95. The summed E-state index contributed by atoms with van der Waals surface area (Å²) in [6, 6.07) is 17.6. The Morgan fingerprint density at radius 3 is 2.48 bits per heavy atom. The predicted octanol–water partition coefficient (Wildman–Crippen LogP) is 3.45. The predicted molar refractivity (Wildman–Crippen MR) is 99.8 cm³/mol. The summed E-state index contributed by atoms with van der Waals surface area (Å²) < 4.78 is 5.74. The van der Waals surface area contributed by atoms with Gasteiger partial charge in [0.25, 0.3) is 5.91 Å². The van der Waals surface area contributed by atoms with Gasteiger partial charge < -0.3 is 9.64 Å². The summed E-state index contributed by atoms with van der Waals surface area (Å²) in [7, 11) is 0. The number of nitrogens with zero attached hydrogens (tertiary/aromatic N) is 2. The fourth-order valence-corrected chi connectivity index (χ4v) is 3.20. The van der Waals surface area contributed by atoms with E-state index in [4.69, 9.17) is 16.3 Å². The van der Waals surface area contributed by atoms with Crippen LogP contribution in [0, 0.1) is 0 Å². The zero-order valence-electron chi connectivity index (χ0n) is 14.4. The highest BCUT2D eigenvalue weighted by Gasteiger charge is 2.26. The highest BCUT2D eigenvalue weighted by molar-refractivity contribution is 6.30. The summed E-state index contributed by atoms with van der Waals surface area (Å²) in [5.74, 6) is 0.649. The van der Waals surface area contributed by atoms with Gasteiger partial charge in [0.2, 0.25) is 0 Å². The van der Waals surface area contributed by atoms with Crippen molar-refractivity contribution in [2.24, 2.45) is 0 Å². The van der Waals surface area contributed by atoms with Crippen LogP contribution in [0.25, 0.3) is 0 Å². The second-order valence-electron chi connectivity index (χ2n) is 6.30. The molecule has 2 aromatic rings. The average Bonchev–Trinajstić information content (AvgIpc) is 2.62. The quantitative estimate of drug-likeness (QED) is 0.820. The number of carbonyl (C=O) groups excluding carboxylic acids is 1. The molecule has 1 aliphatic rings. The normalized spacial score (nSPS) is 16.5. The molecule has 5 heteroatoms. The third-order valence-corrected chi connectivity index (χ3v) is 4.62. The zero-order valence-corrected chi connectivity index (χ0v) is 15.2. The average molecular weight is 359 g/mol. The number of halogens is 1. The van der Waals surface area contributed by atoms with Crippen molar-refractivity contribution < 1.29 is 9.53 Å². The second kappa shape index (κ2) is 8.37. The molecule has 0 unspecified atom stereocenters. The second-order valence-corrected chi connectivity index (χ2v) is 6.74. The highest BCUT2D eigenvalue weighted by atomic mass is 35.5. The number of hydrogen-bond acceptors (Lipinski definition) is 3. The summed E-state index contributed by atoms with van der Waals surface area (Å²) >= 11 is 5.96. The van der Waals surface area contributed by atoms with Gasteiger partial charge in [0.1, 0.15) is 5.75 Å². The van der Waals surface area contributed by atoms with Gasteiger partial charge in [-0.3, -0.25) is 9.69 Å². The summed E-state index contributed by atoms with van der Waals surface area (Å²) in [6.07, 6.45) is -0.515. The fourth-order valence-electron chi connectivity index (χ4n) is 3.02. The number of hydrogen-bond donors (Lipinski definition) is 0. The monoisotopic (exact) mass is 358 g/mol. The largest absolute Gasteiger partial charge is 0.481 e. The number of ether oxygens (including phenoxy) is 1. The van der Waals surface area contributed by atoms with Gasteiger partial charge >= 0.3 is 0 Å². The maximum Gasteiger partial charge on any atom is 0.263 e. The molecule has 1 amide bonds. The van der Waals surface area contributed by atoms with Gasteiger partial charge in [0.05, 0.1) is 0 Å². The van der Waals surface area contributed by atoms with Gasteiger partial charge in [-0.15, -0.1) is 0 Å². The number of amides is 1. The molecule has 25 heavy (non-hydrogen) atoms. The number of benzene rings is 2. The SMILES string of the molecule is C[C@@H](Oc1cccc(Cl)c1)C(=O)N1CCN(Cc2ccccc2)CC1. The van der Waals surface area contributed by atoms with Crippen molar-refractivity contribution in [2.45, 2.75) is 19.6 Å². The molecule has 0 radical (unpaired) electrons. The first-order valence-corrected chi connectivity index (χ1v) is 8.97. The smallest absolute Gasteiger partial charge is 0.263 e. The molecule has 0 saturated carbocycles. The third kappa shape index (κ3) is 4.97. The molecule has 0 aliphatic carbocycles. The fraction of sp³-hybridized carbons (Fsp3) is 0.350. The van der Waals surface area contributed by atoms with Crippen molar-refractivity contribution in [3.63, 3.8) is 0 Å². The van der Waals surface area contributed by atoms with Gasteiger partial charge in [0, 0.05) is 37.7 Å². The number of piperazine rings is 1. The molecule has 1 aliphatic heterocycles. The lowest BCUT2D eigenvalue weighted by atomic mass is 10.2. The molecule has 2 aromatic carbocycles. The van der Waals surface area contributed by atoms with Crippen LogP contribution in [0.5, 0.6) is 5.75 Å². The summed E-state index contributed by atoms with van der Waals surface area (Å²) in [4.78, 5) is 16.9. The number of carbonyl (C=O) groups is 1. The minimum absolute atomic E-state index is 0.0272. The Morgan fingerprint density at radius 2 is 1.80 bits per heavy atom. The van der Waals surface area contributed by atoms with Crippen LogP contribution in [0.2, 0.25) is 5.02 Å². The van der Waals surface area contributed by atoms with Crippen LogP contribution in [-0.4, -0.2) is 48.0 Å². The lowest BCUT2D eigenvalue weighted by molar-refractivity contribution is -0.139. The van der Waals surface area contributed by atoms with Crippen molar-refractivity contribution in [1.29, 1.82) is 0 Å². The standard InChI is InChI=1S/C20H23ClN2O2/c1-16(25-19-9-5-8-18(21)14-19)20(24)23-12-10-22(11-13-23)15-17-6-3-2-4-7-17/h2-9,14,16H,10-13,15H2,1H3/t16-/m1/s1. The molecule has 1 saturated heterocycles. The van der Waals surface area contributed by atoms with Crippen molar-refractivity contribution in [1.82, 2.24) is 9.80 Å². The lowest BCUT2D eigenvalue weighted by Crippen LogP contribution is -2.51. The van der Waals surface area contributed by atoms with E-state index in [-0.39, 0.29) is 5.91 Å². The topological polar surface area (TPSA) is 32.8 Å². The van der Waals surface area contributed by atoms with Crippen LogP contribution < -0.4 is 4.74 Å². The molecule has 0 aromatic heterocycles. The molecule has 4 nitrogen and oxygen atoms in total. The first kappa shape index (κ1) is 17.8. The van der Waals surface area contributed by atoms with E-state index in [1.165, 1.54) is 5.56 Å². The Labute approximate surface area is 154 Å². The molecule has 1 atom stereocenters. The van der Waals surface area contributed by atoms with E-state index in [2.05, 4.69) is 29.2 Å². The van der Waals surface area contributed by atoms with Gasteiger partial charge in [-0.1, -0.05) is 48.0 Å². The summed E-state index contributed by atoms with van der Waals surface area (Å²) in [5.41, 5.74) is 1.31. The molecular weight excluding hydrogens is 336 g/mol.